The maximum atomic E-state index is 5.21. The predicted molar refractivity (Wildman–Crippen MR) is 56.1 cm³/mol. The molecule has 2 rings (SSSR count). The molecule has 0 saturated heterocycles. The fourth-order valence-corrected chi connectivity index (χ4v) is 1.39. The van der Waals surface area contributed by atoms with Gasteiger partial charge in [0.15, 0.2) is 11.5 Å². The third-order valence-electron chi connectivity index (χ3n) is 2.16. The molecule has 1 radical (unpaired) electrons. The Kier molecular flexibility index (Phi) is 2.63. The molecule has 0 aliphatic rings. The Balaban J connectivity index is 2.43. The van der Waals surface area contributed by atoms with Gasteiger partial charge in [0.2, 0.25) is 0 Å². The molecular weight excluding hydrogens is 192 g/mol. The Morgan fingerprint density at radius 1 is 1.13 bits per heavy atom. The first-order valence-corrected chi connectivity index (χ1v) is 4.51. The molecule has 15 heavy (non-hydrogen) atoms. The summed E-state index contributed by atoms with van der Waals surface area (Å²) in [6.07, 6.45) is 3.16. The number of furan rings is 1. The van der Waals surface area contributed by atoms with Gasteiger partial charge in [-0.3, -0.25) is 0 Å². The van der Waals surface area contributed by atoms with Crippen molar-refractivity contribution in [2.45, 2.75) is 0 Å². The highest BCUT2D eigenvalue weighted by molar-refractivity contribution is 5.65. The summed E-state index contributed by atoms with van der Waals surface area (Å²) in [4.78, 5) is 0. The van der Waals surface area contributed by atoms with Crippen molar-refractivity contribution in [3.05, 3.63) is 36.8 Å². The van der Waals surface area contributed by atoms with Crippen LogP contribution in [-0.4, -0.2) is 14.2 Å². The number of rotatable bonds is 3. The molecule has 0 saturated carbocycles. The van der Waals surface area contributed by atoms with Crippen LogP contribution in [0.1, 0.15) is 0 Å². The van der Waals surface area contributed by atoms with Gasteiger partial charge >= 0.3 is 0 Å². The van der Waals surface area contributed by atoms with E-state index in [0.717, 1.165) is 11.1 Å². The molecule has 1 aromatic carbocycles. The lowest BCUT2D eigenvalue weighted by molar-refractivity contribution is 0.355. The second kappa shape index (κ2) is 4.09. The maximum Gasteiger partial charge on any atom is 0.161 e. The van der Waals surface area contributed by atoms with E-state index < -0.39 is 0 Å². The molecule has 77 valence electrons. The van der Waals surface area contributed by atoms with Crippen LogP contribution in [0.15, 0.2) is 35.1 Å². The number of hydrogen-bond acceptors (Lipinski definition) is 3. The summed E-state index contributed by atoms with van der Waals surface area (Å²) in [6, 6.07) is 8.66. The molecule has 2 aromatic rings. The lowest BCUT2D eigenvalue weighted by Gasteiger charge is -2.08. The average Bonchev–Trinajstić information content (AvgIpc) is 2.81. The van der Waals surface area contributed by atoms with Gasteiger partial charge in [0, 0.05) is 11.6 Å². The van der Waals surface area contributed by atoms with Gasteiger partial charge in [-0.25, -0.2) is 0 Å². The van der Waals surface area contributed by atoms with Crippen LogP contribution >= 0.6 is 0 Å². The largest absolute Gasteiger partial charge is 0.493 e. The molecular formula is C12H11O3. The number of benzene rings is 1. The van der Waals surface area contributed by atoms with E-state index in [0.29, 0.717) is 11.5 Å². The molecule has 1 aromatic heterocycles. The third kappa shape index (κ3) is 1.81. The Hall–Kier alpha value is -1.90. The van der Waals surface area contributed by atoms with Gasteiger partial charge in [0.05, 0.1) is 26.7 Å². The summed E-state index contributed by atoms with van der Waals surface area (Å²) in [5.41, 5.74) is 1.89. The minimum atomic E-state index is 0.699. The van der Waals surface area contributed by atoms with Crippen LogP contribution in [0.4, 0.5) is 0 Å². The number of ether oxygens (including phenoxy) is 2. The van der Waals surface area contributed by atoms with Gasteiger partial charge in [0.25, 0.3) is 0 Å². The zero-order valence-corrected chi connectivity index (χ0v) is 8.61. The monoisotopic (exact) mass is 203 g/mol. The van der Waals surface area contributed by atoms with Crippen LogP contribution < -0.4 is 9.47 Å². The lowest BCUT2D eigenvalue weighted by atomic mass is 10.1. The molecule has 3 heteroatoms. The molecule has 0 N–H and O–H groups in total. The van der Waals surface area contributed by atoms with Gasteiger partial charge in [0.1, 0.15) is 0 Å². The molecule has 0 unspecified atom stereocenters. The molecule has 0 fully saturated rings. The predicted octanol–water partition coefficient (Wildman–Crippen LogP) is 2.76. The summed E-state index contributed by atoms with van der Waals surface area (Å²) in [5.74, 6) is 1.41. The first-order chi connectivity index (χ1) is 7.35. The van der Waals surface area contributed by atoms with E-state index in [9.17, 15) is 0 Å². The van der Waals surface area contributed by atoms with Crippen LogP contribution in [0, 0.1) is 6.07 Å². The Labute approximate surface area is 88.2 Å². The van der Waals surface area contributed by atoms with Gasteiger partial charge < -0.3 is 13.9 Å². The van der Waals surface area contributed by atoms with E-state index in [1.165, 1.54) is 6.26 Å². The summed E-state index contributed by atoms with van der Waals surface area (Å²) in [5, 5.41) is 0. The quantitative estimate of drug-likeness (QED) is 0.768. The van der Waals surface area contributed by atoms with Gasteiger partial charge in [-0.2, -0.15) is 0 Å². The van der Waals surface area contributed by atoms with Gasteiger partial charge in [-0.1, -0.05) is 6.07 Å². The molecule has 0 amide bonds. The van der Waals surface area contributed by atoms with Crippen LogP contribution in [0.2, 0.25) is 0 Å². The summed E-state index contributed by atoms with van der Waals surface area (Å²) in [7, 11) is 3.22. The van der Waals surface area contributed by atoms with Crippen molar-refractivity contribution in [1.82, 2.24) is 0 Å². The maximum absolute atomic E-state index is 5.21. The molecule has 3 nitrogen and oxygen atoms in total. The molecule has 0 spiro atoms. The molecule has 0 aliphatic carbocycles. The van der Waals surface area contributed by atoms with Crippen molar-refractivity contribution in [2.24, 2.45) is 0 Å². The van der Waals surface area contributed by atoms with Crippen molar-refractivity contribution in [3.8, 4) is 22.6 Å². The standard InChI is InChI=1S/C12H11O3/c1-13-11-4-3-9(7-12(11)14-2)10-5-6-15-8-10/h3-4,6-8H,1-2H3. The van der Waals surface area contributed by atoms with Crippen LogP contribution in [0.25, 0.3) is 11.1 Å². The van der Waals surface area contributed by atoms with Crippen LogP contribution in [0.5, 0.6) is 11.5 Å². The Bertz CT molecular complexity index is 432. The summed E-state index contributed by atoms with van der Waals surface area (Å²) < 4.78 is 15.3. The fourth-order valence-electron chi connectivity index (χ4n) is 1.39. The van der Waals surface area contributed by atoms with Crippen molar-refractivity contribution < 1.29 is 13.9 Å². The minimum absolute atomic E-state index is 0.699. The number of hydrogen-bond donors (Lipinski definition) is 0. The average molecular weight is 203 g/mol. The van der Waals surface area contributed by atoms with Crippen molar-refractivity contribution in [3.63, 3.8) is 0 Å². The molecule has 0 bridgehead atoms. The number of methoxy groups -OCH3 is 2. The van der Waals surface area contributed by atoms with Crippen LogP contribution in [-0.2, 0) is 0 Å². The highest BCUT2D eigenvalue weighted by atomic mass is 16.5. The van der Waals surface area contributed by atoms with Crippen molar-refractivity contribution in [1.29, 1.82) is 0 Å². The van der Waals surface area contributed by atoms with E-state index in [1.807, 2.05) is 18.2 Å². The van der Waals surface area contributed by atoms with Gasteiger partial charge in [-0.15, -0.1) is 0 Å². The first-order valence-electron chi connectivity index (χ1n) is 4.51. The fraction of sp³-hybridized carbons (Fsp3) is 0.167. The highest BCUT2D eigenvalue weighted by Gasteiger charge is 2.06. The molecule has 1 heterocycles. The smallest absolute Gasteiger partial charge is 0.161 e. The van der Waals surface area contributed by atoms with E-state index in [4.69, 9.17) is 13.9 Å². The van der Waals surface area contributed by atoms with E-state index in [1.54, 1.807) is 20.5 Å². The van der Waals surface area contributed by atoms with Gasteiger partial charge in [-0.05, 0) is 17.7 Å². The Morgan fingerprint density at radius 2 is 1.93 bits per heavy atom. The zero-order chi connectivity index (χ0) is 10.7. The second-order valence-corrected chi connectivity index (χ2v) is 3.00. The highest BCUT2D eigenvalue weighted by Crippen LogP contribution is 2.31. The first kappa shape index (κ1) is 9.65. The van der Waals surface area contributed by atoms with E-state index >= 15 is 0 Å². The summed E-state index contributed by atoms with van der Waals surface area (Å²) in [6.45, 7) is 0. The third-order valence-corrected chi connectivity index (χ3v) is 2.16. The lowest BCUT2D eigenvalue weighted by Crippen LogP contribution is -1.90. The minimum Gasteiger partial charge on any atom is -0.493 e. The SMILES string of the molecule is COc1ccc(-c2[c]coc2)cc1OC. The second-order valence-electron chi connectivity index (χ2n) is 3.00. The normalized spacial score (nSPS) is 10.0. The molecule has 0 aliphatic heterocycles. The molecule has 0 atom stereocenters. The van der Waals surface area contributed by atoms with E-state index in [-0.39, 0.29) is 0 Å². The summed E-state index contributed by atoms with van der Waals surface area (Å²) >= 11 is 0. The topological polar surface area (TPSA) is 31.6 Å². The van der Waals surface area contributed by atoms with E-state index in [2.05, 4.69) is 6.07 Å². The van der Waals surface area contributed by atoms with Crippen molar-refractivity contribution in [2.75, 3.05) is 14.2 Å². The van der Waals surface area contributed by atoms with Crippen LogP contribution in [0.3, 0.4) is 0 Å². The zero-order valence-electron chi connectivity index (χ0n) is 8.61. The van der Waals surface area contributed by atoms with Crippen molar-refractivity contribution >= 4 is 0 Å². The Morgan fingerprint density at radius 3 is 2.53 bits per heavy atom.